The van der Waals surface area contributed by atoms with E-state index in [9.17, 15) is 5.11 Å². The molecule has 0 atom stereocenters. The van der Waals surface area contributed by atoms with Crippen LogP contribution in [0.25, 0.3) is 10.9 Å². The Balaban J connectivity index is 2.94. The summed E-state index contributed by atoms with van der Waals surface area (Å²) < 4.78 is 0. The first-order valence-corrected chi connectivity index (χ1v) is 4.16. The maximum absolute atomic E-state index is 9.50. The third kappa shape index (κ3) is 1.15. The molecule has 0 fully saturated rings. The molecule has 1 aromatic carbocycles. The topological polar surface area (TPSA) is 33.1 Å². The zero-order valence-corrected chi connectivity index (χ0v) is 7.63. The monoisotopic (exact) mass is 172 g/mol. The molecule has 0 aliphatic heterocycles. The quantitative estimate of drug-likeness (QED) is 0.661. The number of hydrogen-bond donors (Lipinski definition) is 1. The number of pyridine rings is 1. The highest BCUT2D eigenvalue weighted by molar-refractivity contribution is 5.87. The molecule has 0 aliphatic carbocycles. The van der Waals surface area contributed by atoms with Crippen molar-refractivity contribution in [2.45, 2.75) is 13.8 Å². The van der Waals surface area contributed by atoms with Gasteiger partial charge in [-0.3, -0.25) is 0 Å². The maximum atomic E-state index is 9.50. The van der Waals surface area contributed by atoms with Gasteiger partial charge < -0.3 is 5.11 Å². The van der Waals surface area contributed by atoms with Crippen LogP contribution in [0.15, 0.2) is 18.2 Å². The van der Waals surface area contributed by atoms with Crippen LogP contribution in [0, 0.1) is 20.0 Å². The van der Waals surface area contributed by atoms with Gasteiger partial charge in [0.05, 0.1) is 6.20 Å². The molecule has 1 N–H and O–H groups in total. The zero-order valence-electron chi connectivity index (χ0n) is 7.63. The molecule has 0 saturated carbocycles. The first-order chi connectivity index (χ1) is 6.20. The Morgan fingerprint density at radius 1 is 1.31 bits per heavy atom. The Labute approximate surface area is 76.9 Å². The fraction of sp³-hybridized carbons (Fsp3) is 0.182. The number of nitrogens with zero attached hydrogens (tertiary/aromatic N) is 1. The molecule has 65 valence electrons. The molecular formula is C11H10NO. The van der Waals surface area contributed by atoms with Crippen LogP contribution in [0.3, 0.4) is 0 Å². The van der Waals surface area contributed by atoms with Crippen LogP contribution in [0.2, 0.25) is 0 Å². The Kier molecular flexibility index (Phi) is 1.69. The molecule has 1 heterocycles. The lowest BCUT2D eigenvalue weighted by atomic mass is 10.1. The van der Waals surface area contributed by atoms with Crippen molar-refractivity contribution < 1.29 is 5.11 Å². The van der Waals surface area contributed by atoms with E-state index in [-0.39, 0.29) is 5.75 Å². The molecule has 2 heteroatoms. The van der Waals surface area contributed by atoms with Gasteiger partial charge in [-0.25, -0.2) is 4.98 Å². The lowest BCUT2D eigenvalue weighted by Gasteiger charge is -2.04. The Morgan fingerprint density at radius 2 is 2.08 bits per heavy atom. The third-order valence-corrected chi connectivity index (χ3v) is 2.32. The number of aryl methyl sites for hydroxylation is 2. The van der Waals surface area contributed by atoms with Gasteiger partial charge in [-0.15, -0.1) is 0 Å². The summed E-state index contributed by atoms with van der Waals surface area (Å²) in [5.41, 5.74) is 2.78. The molecule has 2 nitrogen and oxygen atoms in total. The van der Waals surface area contributed by atoms with Crippen LogP contribution in [-0.2, 0) is 0 Å². The number of phenolic OH excluding ortho intramolecular Hbond substituents is 1. The largest absolute Gasteiger partial charge is 0.506 e. The van der Waals surface area contributed by atoms with Gasteiger partial charge >= 0.3 is 0 Å². The molecular weight excluding hydrogens is 162 g/mol. The normalized spacial score (nSPS) is 10.6. The fourth-order valence-electron chi connectivity index (χ4n) is 1.38. The van der Waals surface area contributed by atoms with E-state index in [1.54, 1.807) is 6.07 Å². The Morgan fingerprint density at radius 3 is 2.85 bits per heavy atom. The lowest BCUT2D eigenvalue weighted by Crippen LogP contribution is -1.87. The molecule has 1 radical (unpaired) electrons. The molecule has 0 unspecified atom stereocenters. The highest BCUT2D eigenvalue weighted by Crippen LogP contribution is 2.25. The highest BCUT2D eigenvalue weighted by atomic mass is 16.3. The summed E-state index contributed by atoms with van der Waals surface area (Å²) in [5.74, 6) is 0.219. The van der Waals surface area contributed by atoms with E-state index in [0.717, 1.165) is 16.5 Å². The second-order valence-corrected chi connectivity index (χ2v) is 3.15. The van der Waals surface area contributed by atoms with E-state index in [4.69, 9.17) is 0 Å². The minimum Gasteiger partial charge on any atom is -0.506 e. The van der Waals surface area contributed by atoms with Crippen molar-refractivity contribution in [3.05, 3.63) is 35.5 Å². The average Bonchev–Trinajstić information content (AvgIpc) is 2.12. The van der Waals surface area contributed by atoms with Gasteiger partial charge in [-0.2, -0.15) is 0 Å². The van der Waals surface area contributed by atoms with E-state index < -0.39 is 0 Å². The van der Waals surface area contributed by atoms with Crippen molar-refractivity contribution in [1.82, 2.24) is 4.98 Å². The number of rotatable bonds is 0. The van der Waals surface area contributed by atoms with E-state index in [1.165, 1.54) is 0 Å². The molecule has 0 aliphatic rings. The molecule has 1 aromatic heterocycles. The molecule has 0 amide bonds. The summed E-state index contributed by atoms with van der Waals surface area (Å²) in [6.07, 6.45) is 2.87. The van der Waals surface area contributed by atoms with E-state index in [0.29, 0.717) is 5.52 Å². The van der Waals surface area contributed by atoms with Gasteiger partial charge in [0.15, 0.2) is 0 Å². The van der Waals surface area contributed by atoms with Gasteiger partial charge in [-0.1, -0.05) is 12.1 Å². The predicted octanol–water partition coefficient (Wildman–Crippen LogP) is 2.36. The van der Waals surface area contributed by atoms with Gasteiger partial charge in [0.2, 0.25) is 0 Å². The summed E-state index contributed by atoms with van der Waals surface area (Å²) in [4.78, 5) is 4.07. The summed E-state index contributed by atoms with van der Waals surface area (Å²) in [5, 5.41) is 10.5. The van der Waals surface area contributed by atoms with E-state index in [2.05, 4.69) is 11.2 Å². The van der Waals surface area contributed by atoms with Crippen LogP contribution in [0.5, 0.6) is 5.75 Å². The SMILES string of the molecule is Cc1[c]nc2c(O)cccc2c1C. The van der Waals surface area contributed by atoms with Crippen molar-refractivity contribution in [3.63, 3.8) is 0 Å². The van der Waals surface area contributed by atoms with Gasteiger partial charge in [0.1, 0.15) is 11.3 Å². The molecule has 0 saturated heterocycles. The zero-order chi connectivity index (χ0) is 9.42. The maximum Gasteiger partial charge on any atom is 0.141 e. The van der Waals surface area contributed by atoms with Crippen LogP contribution < -0.4 is 0 Å². The number of fused-ring (bicyclic) bond motifs is 1. The lowest BCUT2D eigenvalue weighted by molar-refractivity contribution is 0.480. The minimum atomic E-state index is 0.219. The molecule has 0 spiro atoms. The number of hydrogen-bond acceptors (Lipinski definition) is 2. The Bertz CT molecular complexity index is 463. The number of para-hydroxylation sites is 1. The minimum absolute atomic E-state index is 0.219. The second kappa shape index (κ2) is 2.73. The molecule has 2 aromatic rings. The van der Waals surface area contributed by atoms with Crippen molar-refractivity contribution in [2.24, 2.45) is 0 Å². The van der Waals surface area contributed by atoms with Crippen molar-refractivity contribution in [3.8, 4) is 5.75 Å². The van der Waals surface area contributed by atoms with Crippen molar-refractivity contribution in [1.29, 1.82) is 0 Å². The van der Waals surface area contributed by atoms with E-state index >= 15 is 0 Å². The molecule has 0 bridgehead atoms. The van der Waals surface area contributed by atoms with E-state index in [1.807, 2.05) is 26.0 Å². The first kappa shape index (κ1) is 8.05. The summed E-state index contributed by atoms with van der Waals surface area (Å²) in [7, 11) is 0. The fourth-order valence-corrected chi connectivity index (χ4v) is 1.38. The molecule has 13 heavy (non-hydrogen) atoms. The summed E-state index contributed by atoms with van der Waals surface area (Å²) in [6, 6.07) is 5.42. The van der Waals surface area contributed by atoms with Crippen LogP contribution in [0.4, 0.5) is 0 Å². The van der Waals surface area contributed by atoms with Crippen LogP contribution in [-0.4, -0.2) is 10.1 Å². The molecule has 2 rings (SSSR count). The predicted molar refractivity (Wildman–Crippen MR) is 51.7 cm³/mol. The van der Waals surface area contributed by atoms with Crippen molar-refractivity contribution >= 4 is 10.9 Å². The van der Waals surface area contributed by atoms with Crippen LogP contribution in [0.1, 0.15) is 11.1 Å². The first-order valence-electron chi connectivity index (χ1n) is 4.16. The smallest absolute Gasteiger partial charge is 0.141 e. The second-order valence-electron chi connectivity index (χ2n) is 3.15. The standard InChI is InChI=1S/C11H10NO/c1-7-6-12-11-9(8(7)2)4-3-5-10(11)13/h3-5,13H,1-2H3. The summed E-state index contributed by atoms with van der Waals surface area (Å²) >= 11 is 0. The average molecular weight is 172 g/mol. The van der Waals surface area contributed by atoms with Crippen molar-refractivity contribution in [2.75, 3.05) is 0 Å². The van der Waals surface area contributed by atoms with Gasteiger partial charge in [-0.05, 0) is 31.0 Å². The van der Waals surface area contributed by atoms with Crippen LogP contribution >= 0.6 is 0 Å². The number of aromatic nitrogens is 1. The summed E-state index contributed by atoms with van der Waals surface area (Å²) in [6.45, 7) is 3.97. The third-order valence-electron chi connectivity index (χ3n) is 2.32. The number of benzene rings is 1. The number of aromatic hydroxyl groups is 1. The highest BCUT2D eigenvalue weighted by Gasteiger charge is 2.04. The van der Waals surface area contributed by atoms with Gasteiger partial charge in [0, 0.05) is 5.39 Å². The van der Waals surface area contributed by atoms with Gasteiger partial charge in [0.25, 0.3) is 0 Å². The number of phenols is 1. The Hall–Kier alpha value is -1.57.